The second-order valence-electron chi connectivity index (χ2n) is 4.79. The molecule has 0 saturated carbocycles. The summed E-state index contributed by atoms with van der Waals surface area (Å²) < 4.78 is 0.813. The standard InChI is InChI=1S/C13H18N4OS3/c1-9(2)6-15-12-16-17-13(21-12)20-8-11(18)14-7-10-4-3-5-19-10/h3-5,9H,6-8H2,1-2H3,(H,14,18)(H,15,16). The largest absolute Gasteiger partial charge is 0.360 e. The van der Waals surface area contributed by atoms with Crippen LogP contribution >= 0.6 is 34.4 Å². The minimum Gasteiger partial charge on any atom is -0.360 e. The van der Waals surface area contributed by atoms with Gasteiger partial charge in [-0.3, -0.25) is 4.79 Å². The molecule has 0 aliphatic carbocycles. The van der Waals surface area contributed by atoms with Crippen molar-refractivity contribution >= 4 is 45.5 Å². The Hall–Kier alpha value is -1.12. The van der Waals surface area contributed by atoms with Crippen LogP contribution in [0.2, 0.25) is 0 Å². The molecular weight excluding hydrogens is 324 g/mol. The SMILES string of the molecule is CC(C)CNc1nnc(SCC(=O)NCc2cccs2)s1. The van der Waals surface area contributed by atoms with Crippen LogP contribution in [0.3, 0.4) is 0 Å². The molecule has 0 unspecified atom stereocenters. The first-order valence-electron chi connectivity index (χ1n) is 6.62. The Morgan fingerprint density at radius 1 is 1.43 bits per heavy atom. The number of rotatable bonds is 8. The third kappa shape index (κ3) is 6.03. The zero-order chi connectivity index (χ0) is 15.1. The zero-order valence-corrected chi connectivity index (χ0v) is 14.4. The van der Waals surface area contributed by atoms with E-state index < -0.39 is 0 Å². The Morgan fingerprint density at radius 2 is 2.29 bits per heavy atom. The number of hydrogen-bond donors (Lipinski definition) is 2. The highest BCUT2D eigenvalue weighted by atomic mass is 32.2. The van der Waals surface area contributed by atoms with Crippen molar-refractivity contribution < 1.29 is 4.79 Å². The number of thioether (sulfide) groups is 1. The summed E-state index contributed by atoms with van der Waals surface area (Å²) in [6, 6.07) is 3.99. The number of nitrogens with one attached hydrogen (secondary N) is 2. The van der Waals surface area contributed by atoms with Gasteiger partial charge in [0.15, 0.2) is 4.34 Å². The Kier molecular flexibility index (Phi) is 6.47. The van der Waals surface area contributed by atoms with Crippen LogP contribution in [-0.4, -0.2) is 28.4 Å². The van der Waals surface area contributed by atoms with Gasteiger partial charge in [-0.1, -0.05) is 43.0 Å². The van der Waals surface area contributed by atoms with E-state index in [2.05, 4.69) is 34.7 Å². The molecule has 0 fully saturated rings. The maximum Gasteiger partial charge on any atom is 0.230 e. The lowest BCUT2D eigenvalue weighted by Crippen LogP contribution is -2.24. The van der Waals surface area contributed by atoms with Crippen molar-refractivity contribution in [2.24, 2.45) is 5.92 Å². The summed E-state index contributed by atoms with van der Waals surface area (Å²) >= 11 is 4.54. The number of amides is 1. The van der Waals surface area contributed by atoms with E-state index in [0.29, 0.717) is 18.2 Å². The molecule has 2 heterocycles. The summed E-state index contributed by atoms with van der Waals surface area (Å²) in [5, 5.41) is 17.1. The number of thiophene rings is 1. The fourth-order valence-corrected chi connectivity index (χ4v) is 3.64. The molecule has 0 spiro atoms. The van der Waals surface area contributed by atoms with E-state index in [1.54, 1.807) is 11.3 Å². The molecule has 0 saturated heterocycles. The van der Waals surface area contributed by atoms with E-state index in [4.69, 9.17) is 0 Å². The minimum absolute atomic E-state index is 0.0142. The number of carbonyl (C=O) groups is 1. The van der Waals surface area contributed by atoms with Crippen LogP contribution < -0.4 is 10.6 Å². The lowest BCUT2D eigenvalue weighted by atomic mass is 10.2. The maximum absolute atomic E-state index is 11.7. The Bertz CT molecular complexity index is 554. The summed E-state index contributed by atoms with van der Waals surface area (Å²) in [6.07, 6.45) is 0. The molecule has 0 aliphatic rings. The van der Waals surface area contributed by atoms with Gasteiger partial charge < -0.3 is 10.6 Å². The van der Waals surface area contributed by atoms with Crippen LogP contribution in [-0.2, 0) is 11.3 Å². The minimum atomic E-state index is 0.0142. The van der Waals surface area contributed by atoms with Crippen LogP contribution in [0.1, 0.15) is 18.7 Å². The third-order valence-corrected chi connectivity index (χ3v) is 5.33. The molecule has 2 rings (SSSR count). The summed E-state index contributed by atoms with van der Waals surface area (Å²) in [6.45, 7) is 5.75. The van der Waals surface area contributed by atoms with Gasteiger partial charge in [-0.2, -0.15) is 0 Å². The Labute approximate surface area is 136 Å². The fourth-order valence-electron chi connectivity index (χ4n) is 1.41. The Morgan fingerprint density at radius 3 is 3.00 bits per heavy atom. The fraction of sp³-hybridized carbons (Fsp3) is 0.462. The van der Waals surface area contributed by atoms with Crippen molar-refractivity contribution in [2.75, 3.05) is 17.6 Å². The van der Waals surface area contributed by atoms with Crippen LogP contribution in [0.5, 0.6) is 0 Å². The van der Waals surface area contributed by atoms with Crippen molar-refractivity contribution in [1.29, 1.82) is 0 Å². The highest BCUT2D eigenvalue weighted by Crippen LogP contribution is 2.25. The van der Waals surface area contributed by atoms with Crippen molar-refractivity contribution in [1.82, 2.24) is 15.5 Å². The lowest BCUT2D eigenvalue weighted by molar-refractivity contribution is -0.118. The average molecular weight is 343 g/mol. The predicted octanol–water partition coefficient (Wildman–Crippen LogP) is 3.08. The van der Waals surface area contributed by atoms with E-state index in [0.717, 1.165) is 20.9 Å². The average Bonchev–Trinajstić information content (AvgIpc) is 3.12. The topological polar surface area (TPSA) is 66.9 Å². The van der Waals surface area contributed by atoms with Gasteiger partial charge in [-0.25, -0.2) is 0 Å². The molecule has 2 aromatic rings. The number of hydrogen-bond acceptors (Lipinski definition) is 7. The monoisotopic (exact) mass is 342 g/mol. The maximum atomic E-state index is 11.7. The molecule has 0 aliphatic heterocycles. The van der Waals surface area contributed by atoms with E-state index in [9.17, 15) is 4.79 Å². The zero-order valence-electron chi connectivity index (χ0n) is 12.0. The van der Waals surface area contributed by atoms with Crippen LogP contribution in [0.25, 0.3) is 0 Å². The number of carbonyl (C=O) groups excluding carboxylic acids is 1. The molecule has 0 bridgehead atoms. The van der Waals surface area contributed by atoms with Gasteiger partial charge >= 0.3 is 0 Å². The van der Waals surface area contributed by atoms with Crippen LogP contribution in [0.15, 0.2) is 21.9 Å². The van der Waals surface area contributed by atoms with E-state index in [1.165, 1.54) is 23.1 Å². The van der Waals surface area contributed by atoms with Gasteiger partial charge in [0, 0.05) is 11.4 Å². The molecule has 2 aromatic heterocycles. The van der Waals surface area contributed by atoms with Crippen molar-refractivity contribution in [3.05, 3.63) is 22.4 Å². The predicted molar refractivity (Wildman–Crippen MR) is 90.1 cm³/mol. The molecule has 114 valence electrons. The molecule has 5 nitrogen and oxygen atoms in total. The highest BCUT2D eigenvalue weighted by molar-refractivity contribution is 8.01. The first-order chi connectivity index (χ1) is 10.1. The first-order valence-corrected chi connectivity index (χ1v) is 9.31. The molecule has 0 aromatic carbocycles. The molecule has 8 heteroatoms. The third-order valence-electron chi connectivity index (χ3n) is 2.43. The van der Waals surface area contributed by atoms with E-state index in [-0.39, 0.29) is 5.91 Å². The summed E-state index contributed by atoms with van der Waals surface area (Å²) in [5.74, 6) is 0.942. The van der Waals surface area contributed by atoms with Gasteiger partial charge in [-0.15, -0.1) is 21.5 Å². The number of anilines is 1. The molecule has 21 heavy (non-hydrogen) atoms. The van der Waals surface area contributed by atoms with Crippen molar-refractivity contribution in [3.63, 3.8) is 0 Å². The normalized spacial score (nSPS) is 10.8. The summed E-state index contributed by atoms with van der Waals surface area (Å²) in [4.78, 5) is 12.9. The lowest BCUT2D eigenvalue weighted by Gasteiger charge is -2.03. The van der Waals surface area contributed by atoms with Crippen molar-refractivity contribution in [2.45, 2.75) is 24.7 Å². The van der Waals surface area contributed by atoms with E-state index in [1.807, 2.05) is 17.5 Å². The van der Waals surface area contributed by atoms with Crippen LogP contribution in [0.4, 0.5) is 5.13 Å². The number of nitrogens with zero attached hydrogens (tertiary/aromatic N) is 2. The van der Waals surface area contributed by atoms with Gasteiger partial charge in [0.2, 0.25) is 11.0 Å². The van der Waals surface area contributed by atoms with Crippen molar-refractivity contribution in [3.8, 4) is 0 Å². The van der Waals surface area contributed by atoms with E-state index >= 15 is 0 Å². The second kappa shape index (κ2) is 8.35. The second-order valence-corrected chi connectivity index (χ2v) is 8.02. The molecule has 1 amide bonds. The van der Waals surface area contributed by atoms with Crippen LogP contribution in [0, 0.1) is 5.92 Å². The summed E-state index contributed by atoms with van der Waals surface area (Å²) in [7, 11) is 0. The molecule has 0 atom stereocenters. The molecular formula is C13H18N4OS3. The quantitative estimate of drug-likeness (QED) is 0.722. The van der Waals surface area contributed by atoms with Gasteiger partial charge in [0.05, 0.1) is 12.3 Å². The highest BCUT2D eigenvalue weighted by Gasteiger charge is 2.08. The molecule has 2 N–H and O–H groups in total. The smallest absolute Gasteiger partial charge is 0.230 e. The summed E-state index contributed by atoms with van der Waals surface area (Å²) in [5.41, 5.74) is 0. The first kappa shape index (κ1) is 16.3. The number of aromatic nitrogens is 2. The van der Waals surface area contributed by atoms with Gasteiger partial charge in [0.25, 0.3) is 0 Å². The Balaban J connectivity index is 1.68. The molecule has 0 radical (unpaired) electrons. The van der Waals surface area contributed by atoms with Gasteiger partial charge in [0.1, 0.15) is 0 Å². The van der Waals surface area contributed by atoms with Gasteiger partial charge in [-0.05, 0) is 17.4 Å².